The van der Waals surface area contributed by atoms with Crippen LogP contribution in [0.2, 0.25) is 0 Å². The minimum absolute atomic E-state index is 0.132. The molecule has 0 spiro atoms. The Morgan fingerprint density at radius 1 is 1.18 bits per heavy atom. The SMILES string of the molecule is O=CNc1ccc(C(=O)O)cc1C1CC1c1ccc(F)cc1. The zero-order chi connectivity index (χ0) is 15.7. The largest absolute Gasteiger partial charge is 0.478 e. The van der Waals surface area contributed by atoms with Crippen LogP contribution in [0.25, 0.3) is 0 Å². The maximum absolute atomic E-state index is 13.0. The molecule has 112 valence electrons. The molecule has 2 atom stereocenters. The number of carbonyl (C=O) groups excluding carboxylic acids is 1. The molecule has 1 amide bonds. The van der Waals surface area contributed by atoms with E-state index >= 15 is 0 Å². The average Bonchev–Trinajstić information content (AvgIpc) is 3.29. The average molecular weight is 299 g/mol. The highest BCUT2D eigenvalue weighted by Gasteiger charge is 2.41. The van der Waals surface area contributed by atoms with Gasteiger partial charge in [-0.3, -0.25) is 4.79 Å². The van der Waals surface area contributed by atoms with Gasteiger partial charge in [-0.25, -0.2) is 9.18 Å². The van der Waals surface area contributed by atoms with E-state index in [1.54, 1.807) is 24.3 Å². The van der Waals surface area contributed by atoms with E-state index in [2.05, 4.69) is 5.32 Å². The van der Waals surface area contributed by atoms with Gasteiger partial charge in [0.15, 0.2) is 0 Å². The molecule has 1 aliphatic carbocycles. The number of rotatable bonds is 5. The Balaban J connectivity index is 1.91. The van der Waals surface area contributed by atoms with Gasteiger partial charge in [0, 0.05) is 5.69 Å². The zero-order valence-corrected chi connectivity index (χ0v) is 11.6. The lowest BCUT2D eigenvalue weighted by Gasteiger charge is -2.09. The number of carboxylic acids is 1. The smallest absolute Gasteiger partial charge is 0.335 e. The number of hydrogen-bond donors (Lipinski definition) is 2. The summed E-state index contributed by atoms with van der Waals surface area (Å²) in [7, 11) is 0. The molecule has 2 aromatic carbocycles. The summed E-state index contributed by atoms with van der Waals surface area (Å²) in [4.78, 5) is 21.8. The molecule has 0 radical (unpaired) electrons. The Kier molecular flexibility index (Phi) is 3.63. The maximum Gasteiger partial charge on any atom is 0.335 e. The third-order valence-corrected chi connectivity index (χ3v) is 4.00. The molecule has 22 heavy (non-hydrogen) atoms. The van der Waals surface area contributed by atoms with Crippen molar-refractivity contribution in [1.82, 2.24) is 0 Å². The number of carbonyl (C=O) groups is 2. The lowest BCUT2D eigenvalue weighted by Crippen LogP contribution is -2.03. The summed E-state index contributed by atoms with van der Waals surface area (Å²) in [5.41, 5.74) is 2.64. The summed E-state index contributed by atoms with van der Waals surface area (Å²) in [5.74, 6) is -0.931. The fourth-order valence-electron chi connectivity index (χ4n) is 2.81. The third kappa shape index (κ3) is 2.70. The van der Waals surface area contributed by atoms with E-state index in [0.717, 1.165) is 17.5 Å². The number of benzene rings is 2. The number of aromatic carboxylic acids is 1. The van der Waals surface area contributed by atoms with E-state index in [4.69, 9.17) is 5.11 Å². The van der Waals surface area contributed by atoms with Crippen molar-refractivity contribution in [2.75, 3.05) is 5.32 Å². The highest BCUT2D eigenvalue weighted by molar-refractivity contribution is 5.89. The van der Waals surface area contributed by atoms with Crippen LogP contribution in [0.5, 0.6) is 0 Å². The first-order valence-corrected chi connectivity index (χ1v) is 6.93. The number of amides is 1. The molecule has 0 aliphatic heterocycles. The first-order valence-electron chi connectivity index (χ1n) is 6.93. The molecule has 0 heterocycles. The Bertz CT molecular complexity index is 727. The lowest BCUT2D eigenvalue weighted by atomic mass is 10.0. The van der Waals surface area contributed by atoms with Crippen molar-refractivity contribution in [3.63, 3.8) is 0 Å². The number of halogens is 1. The fraction of sp³-hybridized carbons (Fsp3) is 0.176. The van der Waals surface area contributed by atoms with Crippen LogP contribution in [0.15, 0.2) is 42.5 Å². The van der Waals surface area contributed by atoms with Gasteiger partial charge in [-0.15, -0.1) is 0 Å². The molecule has 1 fully saturated rings. The Labute approximate surface area is 126 Å². The van der Waals surface area contributed by atoms with Gasteiger partial charge in [0.25, 0.3) is 0 Å². The molecule has 2 N–H and O–H groups in total. The van der Waals surface area contributed by atoms with E-state index in [1.807, 2.05) is 0 Å². The second kappa shape index (κ2) is 5.60. The van der Waals surface area contributed by atoms with Gasteiger partial charge in [-0.1, -0.05) is 12.1 Å². The molecule has 0 aromatic heterocycles. The van der Waals surface area contributed by atoms with Crippen molar-refractivity contribution < 1.29 is 19.1 Å². The van der Waals surface area contributed by atoms with Crippen LogP contribution in [-0.4, -0.2) is 17.5 Å². The van der Waals surface area contributed by atoms with Crippen molar-refractivity contribution in [3.05, 3.63) is 65.0 Å². The van der Waals surface area contributed by atoms with Gasteiger partial charge in [0.1, 0.15) is 5.82 Å². The Morgan fingerprint density at radius 2 is 1.91 bits per heavy atom. The maximum atomic E-state index is 13.0. The molecule has 2 unspecified atom stereocenters. The second-order valence-electron chi connectivity index (χ2n) is 5.37. The predicted octanol–water partition coefficient (Wildman–Crippen LogP) is 3.36. The van der Waals surface area contributed by atoms with Crippen LogP contribution in [0.3, 0.4) is 0 Å². The fourth-order valence-corrected chi connectivity index (χ4v) is 2.81. The summed E-state index contributed by atoms with van der Waals surface area (Å²) in [6.07, 6.45) is 1.43. The monoisotopic (exact) mass is 299 g/mol. The molecule has 3 rings (SSSR count). The summed E-state index contributed by atoms with van der Waals surface area (Å²) >= 11 is 0. The van der Waals surface area contributed by atoms with E-state index in [-0.39, 0.29) is 23.2 Å². The molecule has 4 nitrogen and oxygen atoms in total. The van der Waals surface area contributed by atoms with Gasteiger partial charge >= 0.3 is 5.97 Å². The van der Waals surface area contributed by atoms with Crippen LogP contribution in [0.1, 0.15) is 39.7 Å². The number of nitrogens with one attached hydrogen (secondary N) is 1. The van der Waals surface area contributed by atoms with Gasteiger partial charge in [0.05, 0.1) is 5.56 Å². The van der Waals surface area contributed by atoms with E-state index in [9.17, 15) is 14.0 Å². The van der Waals surface area contributed by atoms with Crippen LogP contribution in [0, 0.1) is 5.82 Å². The third-order valence-electron chi connectivity index (χ3n) is 4.00. The highest BCUT2D eigenvalue weighted by Crippen LogP contribution is 2.56. The molecule has 1 saturated carbocycles. The molecule has 5 heteroatoms. The molecule has 0 saturated heterocycles. The quantitative estimate of drug-likeness (QED) is 0.832. The summed E-state index contributed by atoms with van der Waals surface area (Å²) < 4.78 is 13.0. The summed E-state index contributed by atoms with van der Waals surface area (Å²) in [6, 6.07) is 11.0. The minimum Gasteiger partial charge on any atom is -0.478 e. The summed E-state index contributed by atoms with van der Waals surface area (Å²) in [6.45, 7) is 0. The standard InChI is InChI=1S/C17H14FNO3/c18-12-4-1-10(2-5-12)13-8-14(13)15-7-11(17(21)22)3-6-16(15)19-9-20/h1-7,9,13-14H,8H2,(H,19,20)(H,21,22). The molecule has 0 bridgehead atoms. The van der Waals surface area contributed by atoms with E-state index < -0.39 is 5.97 Å². The zero-order valence-electron chi connectivity index (χ0n) is 11.6. The summed E-state index contributed by atoms with van der Waals surface area (Å²) in [5, 5.41) is 11.7. The number of carboxylic acid groups (broad SMARTS) is 1. The Morgan fingerprint density at radius 3 is 2.55 bits per heavy atom. The molecular formula is C17H14FNO3. The van der Waals surface area contributed by atoms with Crippen molar-refractivity contribution in [2.24, 2.45) is 0 Å². The van der Waals surface area contributed by atoms with Gasteiger partial charge in [-0.2, -0.15) is 0 Å². The number of anilines is 1. The molecule has 1 aliphatic rings. The first kappa shape index (κ1) is 14.3. The topological polar surface area (TPSA) is 66.4 Å². The van der Waals surface area contributed by atoms with Crippen molar-refractivity contribution >= 4 is 18.1 Å². The highest BCUT2D eigenvalue weighted by atomic mass is 19.1. The first-order chi connectivity index (χ1) is 10.6. The van der Waals surface area contributed by atoms with Crippen molar-refractivity contribution in [1.29, 1.82) is 0 Å². The second-order valence-corrected chi connectivity index (χ2v) is 5.37. The predicted molar refractivity (Wildman–Crippen MR) is 79.6 cm³/mol. The normalized spacial score (nSPS) is 19.5. The van der Waals surface area contributed by atoms with Gasteiger partial charge < -0.3 is 10.4 Å². The van der Waals surface area contributed by atoms with E-state index in [0.29, 0.717) is 12.1 Å². The number of hydrogen-bond acceptors (Lipinski definition) is 2. The van der Waals surface area contributed by atoms with Gasteiger partial charge in [0.2, 0.25) is 6.41 Å². The van der Waals surface area contributed by atoms with Crippen LogP contribution < -0.4 is 5.32 Å². The van der Waals surface area contributed by atoms with Crippen LogP contribution >= 0.6 is 0 Å². The van der Waals surface area contributed by atoms with Crippen molar-refractivity contribution in [3.8, 4) is 0 Å². The van der Waals surface area contributed by atoms with E-state index in [1.165, 1.54) is 18.2 Å². The molecule has 2 aromatic rings. The van der Waals surface area contributed by atoms with Crippen molar-refractivity contribution in [2.45, 2.75) is 18.3 Å². The molecular weight excluding hydrogens is 285 g/mol. The lowest BCUT2D eigenvalue weighted by molar-refractivity contribution is -0.105. The van der Waals surface area contributed by atoms with Gasteiger partial charge in [-0.05, 0) is 59.7 Å². The van der Waals surface area contributed by atoms with Crippen LogP contribution in [0.4, 0.5) is 10.1 Å². The van der Waals surface area contributed by atoms with Crippen LogP contribution in [-0.2, 0) is 4.79 Å². The Hall–Kier alpha value is -2.69. The minimum atomic E-state index is -1.00.